The van der Waals surface area contributed by atoms with E-state index in [1.165, 1.54) is 6.07 Å². The number of aryl methyl sites for hydroxylation is 1. The van der Waals surface area contributed by atoms with Crippen LogP contribution in [0.25, 0.3) is 17.1 Å². The van der Waals surface area contributed by atoms with Crippen molar-refractivity contribution in [1.82, 2.24) is 24.5 Å². The Bertz CT molecular complexity index is 1200. The minimum atomic E-state index is -0.286. The molecule has 30 heavy (non-hydrogen) atoms. The lowest BCUT2D eigenvalue weighted by Crippen LogP contribution is -2.01. The predicted molar refractivity (Wildman–Crippen MR) is 117 cm³/mol. The second-order valence-electron chi connectivity index (χ2n) is 7.28. The van der Waals surface area contributed by atoms with E-state index in [4.69, 9.17) is 11.6 Å². The van der Waals surface area contributed by atoms with Crippen molar-refractivity contribution in [2.24, 2.45) is 0 Å². The molecule has 4 aromatic rings. The molecule has 152 valence electrons. The lowest BCUT2D eigenvalue weighted by atomic mass is 10.2. The molecule has 0 spiro atoms. The molecular weight excluding hydrogens is 421 g/mol. The molecule has 0 N–H and O–H groups in total. The minimum Gasteiger partial charge on any atom is -0.299 e. The van der Waals surface area contributed by atoms with Gasteiger partial charge in [-0.05, 0) is 44.0 Å². The number of hydrogen-bond donors (Lipinski definition) is 0. The molecule has 2 aromatic carbocycles. The SMILES string of the molecule is Cc1nn(-c2ccccc2)c(Cl)c1CSc1nnc(-c2ccccc2F)n1C1CC1. The largest absolute Gasteiger partial charge is 0.299 e. The number of aromatic nitrogens is 5. The zero-order chi connectivity index (χ0) is 20.7. The molecule has 0 unspecified atom stereocenters. The van der Waals surface area contributed by atoms with Crippen molar-refractivity contribution in [2.75, 3.05) is 0 Å². The van der Waals surface area contributed by atoms with Crippen LogP contribution in [-0.4, -0.2) is 24.5 Å². The van der Waals surface area contributed by atoms with Gasteiger partial charge in [0.2, 0.25) is 0 Å². The summed E-state index contributed by atoms with van der Waals surface area (Å²) in [6.45, 7) is 1.96. The molecule has 2 aromatic heterocycles. The Morgan fingerprint density at radius 3 is 2.53 bits per heavy atom. The van der Waals surface area contributed by atoms with Crippen molar-refractivity contribution in [1.29, 1.82) is 0 Å². The van der Waals surface area contributed by atoms with Crippen LogP contribution in [0.15, 0.2) is 59.8 Å². The first-order chi connectivity index (χ1) is 14.6. The maximum atomic E-state index is 14.4. The van der Waals surface area contributed by atoms with Gasteiger partial charge in [0.15, 0.2) is 11.0 Å². The Morgan fingerprint density at radius 2 is 1.80 bits per heavy atom. The van der Waals surface area contributed by atoms with Crippen molar-refractivity contribution >= 4 is 23.4 Å². The molecule has 1 aliphatic rings. The number of thioether (sulfide) groups is 1. The van der Waals surface area contributed by atoms with Crippen LogP contribution in [0, 0.1) is 12.7 Å². The summed E-state index contributed by atoms with van der Waals surface area (Å²) in [6, 6.07) is 16.8. The monoisotopic (exact) mass is 439 g/mol. The van der Waals surface area contributed by atoms with Gasteiger partial charge in [-0.15, -0.1) is 10.2 Å². The lowest BCUT2D eigenvalue weighted by Gasteiger charge is -2.09. The van der Waals surface area contributed by atoms with Crippen LogP contribution in [-0.2, 0) is 5.75 Å². The smallest absolute Gasteiger partial charge is 0.192 e. The molecule has 0 radical (unpaired) electrons. The van der Waals surface area contributed by atoms with E-state index in [1.54, 1.807) is 28.6 Å². The van der Waals surface area contributed by atoms with Gasteiger partial charge in [0.25, 0.3) is 0 Å². The Labute approximate surface area is 182 Å². The molecule has 1 saturated carbocycles. The summed E-state index contributed by atoms with van der Waals surface area (Å²) >= 11 is 8.22. The molecule has 0 bridgehead atoms. The molecule has 0 atom stereocenters. The van der Waals surface area contributed by atoms with E-state index in [2.05, 4.69) is 19.9 Å². The van der Waals surface area contributed by atoms with Crippen molar-refractivity contribution in [2.45, 2.75) is 36.7 Å². The first kappa shape index (κ1) is 19.3. The van der Waals surface area contributed by atoms with Gasteiger partial charge in [-0.25, -0.2) is 9.07 Å². The Balaban J connectivity index is 1.44. The van der Waals surface area contributed by atoms with Gasteiger partial charge in [0, 0.05) is 17.4 Å². The van der Waals surface area contributed by atoms with Crippen LogP contribution in [0.3, 0.4) is 0 Å². The van der Waals surface area contributed by atoms with E-state index >= 15 is 0 Å². The predicted octanol–water partition coefficient (Wildman–Crippen LogP) is 5.86. The quantitative estimate of drug-likeness (QED) is 0.353. The van der Waals surface area contributed by atoms with Gasteiger partial charge < -0.3 is 0 Å². The van der Waals surface area contributed by atoms with Crippen LogP contribution in [0.4, 0.5) is 4.39 Å². The van der Waals surface area contributed by atoms with E-state index in [9.17, 15) is 4.39 Å². The van der Waals surface area contributed by atoms with Gasteiger partial charge in [-0.3, -0.25) is 4.57 Å². The summed E-state index contributed by atoms with van der Waals surface area (Å²) in [5.74, 6) is 0.909. The van der Waals surface area contributed by atoms with E-state index in [0.29, 0.717) is 28.3 Å². The second kappa shape index (κ2) is 7.89. The van der Waals surface area contributed by atoms with Crippen LogP contribution in [0.1, 0.15) is 30.1 Å². The van der Waals surface area contributed by atoms with E-state index in [1.807, 2.05) is 43.3 Å². The number of halogens is 2. The second-order valence-corrected chi connectivity index (χ2v) is 8.58. The van der Waals surface area contributed by atoms with Crippen LogP contribution in [0.2, 0.25) is 5.15 Å². The van der Waals surface area contributed by atoms with Gasteiger partial charge in [-0.1, -0.05) is 53.7 Å². The van der Waals surface area contributed by atoms with E-state index in [-0.39, 0.29) is 5.82 Å². The standard InChI is InChI=1S/C22H19ClFN5S/c1-14-18(20(23)29(27-14)16-7-3-2-4-8-16)13-30-22-26-25-21(28(22)15-11-12-15)17-9-5-6-10-19(17)24/h2-10,15H,11-13H2,1H3. The van der Waals surface area contributed by atoms with Crippen molar-refractivity contribution in [3.8, 4) is 17.1 Å². The average molecular weight is 440 g/mol. The molecule has 2 heterocycles. The molecule has 0 amide bonds. The van der Waals surface area contributed by atoms with Gasteiger partial charge in [0.1, 0.15) is 11.0 Å². The average Bonchev–Trinajstić information content (AvgIpc) is 3.45. The molecule has 0 saturated heterocycles. The van der Waals surface area contributed by atoms with Gasteiger partial charge in [0.05, 0.1) is 16.9 Å². The van der Waals surface area contributed by atoms with Gasteiger partial charge in [-0.2, -0.15) is 5.10 Å². The van der Waals surface area contributed by atoms with Crippen LogP contribution < -0.4 is 0 Å². The highest BCUT2D eigenvalue weighted by molar-refractivity contribution is 7.98. The summed E-state index contributed by atoms with van der Waals surface area (Å²) in [6.07, 6.45) is 2.11. The molecule has 1 aliphatic carbocycles. The fourth-order valence-electron chi connectivity index (χ4n) is 3.44. The summed E-state index contributed by atoms with van der Waals surface area (Å²) in [5, 5.41) is 14.7. The van der Waals surface area contributed by atoms with Crippen molar-refractivity contribution in [3.05, 3.63) is 76.8 Å². The summed E-state index contributed by atoms with van der Waals surface area (Å²) in [7, 11) is 0. The molecule has 0 aliphatic heterocycles. The van der Waals surface area contributed by atoms with E-state index in [0.717, 1.165) is 34.9 Å². The number of hydrogen-bond acceptors (Lipinski definition) is 4. The number of nitrogens with zero attached hydrogens (tertiary/aromatic N) is 5. The first-order valence-electron chi connectivity index (χ1n) is 9.75. The molecular formula is C22H19ClFN5S. The van der Waals surface area contributed by atoms with Crippen LogP contribution in [0.5, 0.6) is 0 Å². The zero-order valence-corrected chi connectivity index (χ0v) is 17.9. The maximum Gasteiger partial charge on any atom is 0.192 e. The number of para-hydroxylation sites is 1. The Hall–Kier alpha value is -2.64. The normalized spacial score (nSPS) is 13.7. The third-order valence-electron chi connectivity index (χ3n) is 5.16. The minimum absolute atomic E-state index is 0.286. The molecule has 8 heteroatoms. The highest BCUT2D eigenvalue weighted by Gasteiger charge is 2.31. The third kappa shape index (κ3) is 3.52. The molecule has 1 fully saturated rings. The van der Waals surface area contributed by atoms with Crippen LogP contribution >= 0.6 is 23.4 Å². The van der Waals surface area contributed by atoms with E-state index < -0.39 is 0 Å². The first-order valence-corrected chi connectivity index (χ1v) is 11.1. The number of benzene rings is 2. The summed E-state index contributed by atoms with van der Waals surface area (Å²) in [5.41, 5.74) is 3.24. The molecule has 5 nitrogen and oxygen atoms in total. The zero-order valence-electron chi connectivity index (χ0n) is 16.3. The third-order valence-corrected chi connectivity index (χ3v) is 6.52. The lowest BCUT2D eigenvalue weighted by molar-refractivity contribution is 0.622. The fourth-order valence-corrected chi connectivity index (χ4v) is 4.95. The van der Waals surface area contributed by atoms with Crippen molar-refractivity contribution in [3.63, 3.8) is 0 Å². The maximum absolute atomic E-state index is 14.4. The topological polar surface area (TPSA) is 48.5 Å². The van der Waals surface area contributed by atoms with Gasteiger partial charge >= 0.3 is 0 Å². The Morgan fingerprint density at radius 1 is 1.07 bits per heavy atom. The summed E-state index contributed by atoms with van der Waals surface area (Å²) < 4.78 is 18.2. The van der Waals surface area contributed by atoms with Crippen molar-refractivity contribution < 1.29 is 4.39 Å². The number of rotatable bonds is 6. The Kier molecular flexibility index (Phi) is 5.08. The summed E-state index contributed by atoms with van der Waals surface area (Å²) in [4.78, 5) is 0. The molecule has 5 rings (SSSR count). The highest BCUT2D eigenvalue weighted by Crippen LogP contribution is 2.42. The highest BCUT2D eigenvalue weighted by atomic mass is 35.5. The fraction of sp³-hybridized carbons (Fsp3) is 0.227.